The number of nitrogens with zero attached hydrogens (tertiary/aromatic N) is 4. The van der Waals surface area contributed by atoms with Gasteiger partial charge in [0.15, 0.2) is 0 Å². The smallest absolute Gasteiger partial charge is 0.285 e. The van der Waals surface area contributed by atoms with Crippen molar-refractivity contribution in [1.29, 1.82) is 5.26 Å². The Morgan fingerprint density at radius 1 is 1.00 bits per heavy atom. The van der Waals surface area contributed by atoms with Crippen molar-refractivity contribution in [1.82, 2.24) is 5.01 Å². The zero-order chi connectivity index (χ0) is 28.9. The molecule has 1 amide bonds. The molecule has 1 aliphatic carbocycles. The van der Waals surface area contributed by atoms with Crippen LogP contribution in [0.5, 0.6) is 11.5 Å². The summed E-state index contributed by atoms with van der Waals surface area (Å²) in [6, 6.07) is 22.6. The van der Waals surface area contributed by atoms with Crippen LogP contribution in [0.15, 0.2) is 89.0 Å². The molecule has 1 heterocycles. The number of non-ortho nitro benzene ring substituents is 1. The van der Waals surface area contributed by atoms with Gasteiger partial charge >= 0.3 is 0 Å². The van der Waals surface area contributed by atoms with Gasteiger partial charge in [0.2, 0.25) is 0 Å². The van der Waals surface area contributed by atoms with Crippen LogP contribution in [-0.4, -0.2) is 35.8 Å². The van der Waals surface area contributed by atoms with Crippen LogP contribution in [0.2, 0.25) is 0 Å². The molecule has 1 saturated carbocycles. The topological polar surface area (TPSA) is 118 Å². The largest absolute Gasteiger partial charge is 0.497 e. The third kappa shape index (κ3) is 5.72. The van der Waals surface area contributed by atoms with Crippen molar-refractivity contribution in [2.75, 3.05) is 14.2 Å². The second kappa shape index (κ2) is 11.9. The van der Waals surface area contributed by atoms with Crippen LogP contribution in [-0.2, 0) is 4.79 Å². The van der Waals surface area contributed by atoms with Gasteiger partial charge in [0.1, 0.15) is 23.1 Å². The van der Waals surface area contributed by atoms with E-state index in [-0.39, 0.29) is 17.2 Å². The molecule has 0 unspecified atom stereocenters. The summed E-state index contributed by atoms with van der Waals surface area (Å²) in [6.07, 6.45) is 6.13. The van der Waals surface area contributed by atoms with E-state index in [0.717, 1.165) is 47.4 Å². The molecule has 206 valence electrons. The van der Waals surface area contributed by atoms with Crippen LogP contribution in [0.4, 0.5) is 5.69 Å². The number of allylic oxidation sites excluding steroid dienone is 1. The number of methoxy groups -OCH3 is 2. The minimum absolute atomic E-state index is 0.0510. The Bertz CT molecular complexity index is 1580. The standard InChI is InChI=1S/C32H28N4O5/c1-40-27-14-8-22(9-15-27)18-24-4-3-5-29-30(24)34-35(31(29)23-10-16-28(41-2)17-11-23)32(37)25(20-33)19-21-6-12-26(13-7-21)36(38)39/h6-19,29,31H,3-5H2,1-2H3/b24-18+,25-19-/t29-,31-/m0/s1. The number of nitriles is 1. The van der Waals surface area contributed by atoms with Crippen LogP contribution in [0.3, 0.4) is 0 Å². The number of hydrazone groups is 1. The lowest BCUT2D eigenvalue weighted by molar-refractivity contribution is -0.384. The number of hydrogen-bond acceptors (Lipinski definition) is 7. The Morgan fingerprint density at radius 3 is 2.20 bits per heavy atom. The quantitative estimate of drug-likeness (QED) is 0.147. The van der Waals surface area contributed by atoms with E-state index in [4.69, 9.17) is 14.6 Å². The van der Waals surface area contributed by atoms with Gasteiger partial charge in [-0.3, -0.25) is 14.9 Å². The van der Waals surface area contributed by atoms with Crippen LogP contribution in [0, 0.1) is 27.4 Å². The molecule has 9 nitrogen and oxygen atoms in total. The summed E-state index contributed by atoms with van der Waals surface area (Å²) in [5.41, 5.74) is 4.11. The summed E-state index contributed by atoms with van der Waals surface area (Å²) >= 11 is 0. The molecule has 3 aromatic rings. The van der Waals surface area contributed by atoms with Crippen LogP contribution < -0.4 is 9.47 Å². The van der Waals surface area contributed by atoms with E-state index in [9.17, 15) is 20.2 Å². The average molecular weight is 549 g/mol. The molecule has 0 saturated heterocycles. The normalized spacial score (nSPS) is 19.2. The minimum atomic E-state index is -0.530. The monoisotopic (exact) mass is 548 g/mol. The number of carbonyl (C=O) groups is 1. The Labute approximate surface area is 237 Å². The maximum absolute atomic E-state index is 13.9. The molecule has 0 N–H and O–H groups in total. The Hall–Kier alpha value is -5.23. The van der Waals surface area contributed by atoms with Gasteiger partial charge < -0.3 is 9.47 Å². The van der Waals surface area contributed by atoms with Crippen molar-refractivity contribution in [2.24, 2.45) is 11.0 Å². The predicted octanol–water partition coefficient (Wildman–Crippen LogP) is 6.34. The highest BCUT2D eigenvalue weighted by atomic mass is 16.6. The number of fused-ring (bicyclic) bond motifs is 1. The molecule has 2 aliphatic rings. The summed E-state index contributed by atoms with van der Waals surface area (Å²) in [7, 11) is 3.23. The second-order valence-electron chi connectivity index (χ2n) is 9.81. The van der Waals surface area contributed by atoms with Crippen molar-refractivity contribution in [2.45, 2.75) is 25.3 Å². The summed E-state index contributed by atoms with van der Waals surface area (Å²) < 4.78 is 10.6. The maximum atomic E-state index is 13.9. The first kappa shape index (κ1) is 27.3. The average Bonchev–Trinajstić information content (AvgIpc) is 3.41. The number of benzene rings is 3. The lowest BCUT2D eigenvalue weighted by atomic mass is 9.77. The van der Waals surface area contributed by atoms with Gasteiger partial charge in [-0.15, -0.1) is 0 Å². The van der Waals surface area contributed by atoms with Crippen molar-refractivity contribution in [3.05, 3.63) is 111 Å². The second-order valence-corrected chi connectivity index (χ2v) is 9.81. The van der Waals surface area contributed by atoms with Gasteiger partial charge in [0.25, 0.3) is 11.6 Å². The Morgan fingerprint density at radius 2 is 1.61 bits per heavy atom. The molecule has 5 rings (SSSR count). The highest BCUT2D eigenvalue weighted by molar-refractivity contribution is 6.10. The fourth-order valence-corrected chi connectivity index (χ4v) is 5.33. The highest BCUT2D eigenvalue weighted by Crippen LogP contribution is 2.45. The lowest BCUT2D eigenvalue weighted by Gasteiger charge is -2.29. The van der Waals surface area contributed by atoms with Gasteiger partial charge in [0.05, 0.1) is 30.9 Å². The lowest BCUT2D eigenvalue weighted by Crippen LogP contribution is -2.32. The fraction of sp³-hybridized carbons (Fsp3) is 0.219. The molecule has 41 heavy (non-hydrogen) atoms. The third-order valence-electron chi connectivity index (χ3n) is 7.39. The van der Waals surface area contributed by atoms with E-state index in [0.29, 0.717) is 11.3 Å². The van der Waals surface area contributed by atoms with Crippen LogP contribution in [0.25, 0.3) is 12.2 Å². The SMILES string of the molecule is COc1ccc(/C=C2\CCC[C@H]3C2=NN(C(=O)/C(C#N)=C\c2ccc([N+](=O)[O-])cc2)[C@H]3c2ccc(OC)cc2)cc1. The van der Waals surface area contributed by atoms with E-state index < -0.39 is 16.9 Å². The summed E-state index contributed by atoms with van der Waals surface area (Å²) in [6.45, 7) is 0. The summed E-state index contributed by atoms with van der Waals surface area (Å²) in [4.78, 5) is 24.4. The van der Waals surface area contributed by atoms with Crippen molar-refractivity contribution < 1.29 is 19.2 Å². The molecule has 1 fully saturated rings. The summed E-state index contributed by atoms with van der Waals surface area (Å²) in [5, 5.41) is 27.3. The van der Waals surface area contributed by atoms with Gasteiger partial charge in [-0.2, -0.15) is 10.4 Å². The zero-order valence-electron chi connectivity index (χ0n) is 22.7. The molecular weight excluding hydrogens is 520 g/mol. The maximum Gasteiger partial charge on any atom is 0.285 e. The molecule has 0 spiro atoms. The van der Waals surface area contributed by atoms with Crippen molar-refractivity contribution in [3.63, 3.8) is 0 Å². The van der Waals surface area contributed by atoms with E-state index in [2.05, 4.69) is 6.08 Å². The molecule has 2 atom stereocenters. The van der Waals surface area contributed by atoms with Crippen molar-refractivity contribution in [3.8, 4) is 17.6 Å². The van der Waals surface area contributed by atoms with Gasteiger partial charge in [-0.1, -0.05) is 24.3 Å². The molecule has 1 aliphatic heterocycles. The Kier molecular flexibility index (Phi) is 7.92. The number of amides is 1. The van der Waals surface area contributed by atoms with E-state index >= 15 is 0 Å². The molecule has 0 aromatic heterocycles. The molecule has 3 aromatic carbocycles. The number of nitro groups is 1. The summed E-state index contributed by atoms with van der Waals surface area (Å²) in [5.74, 6) is 0.889. The van der Waals surface area contributed by atoms with Gasteiger partial charge in [-0.05, 0) is 90.1 Å². The molecular formula is C32H28N4O5. The van der Waals surface area contributed by atoms with Gasteiger partial charge in [-0.25, -0.2) is 5.01 Å². The van der Waals surface area contributed by atoms with Crippen LogP contribution >= 0.6 is 0 Å². The van der Waals surface area contributed by atoms with E-state index in [1.165, 1.54) is 35.4 Å². The zero-order valence-corrected chi connectivity index (χ0v) is 22.7. The number of carbonyl (C=O) groups excluding carboxylic acids is 1. The first-order chi connectivity index (χ1) is 19.9. The highest BCUT2D eigenvalue weighted by Gasteiger charge is 2.44. The fourth-order valence-electron chi connectivity index (χ4n) is 5.33. The minimum Gasteiger partial charge on any atom is -0.497 e. The van der Waals surface area contributed by atoms with E-state index in [1.54, 1.807) is 14.2 Å². The number of nitro benzene ring substituents is 1. The van der Waals surface area contributed by atoms with Crippen molar-refractivity contribution >= 4 is 29.5 Å². The van der Waals surface area contributed by atoms with Crippen LogP contribution in [0.1, 0.15) is 42.0 Å². The molecule has 9 heteroatoms. The number of ether oxygens (including phenoxy) is 2. The number of rotatable bonds is 7. The van der Waals surface area contributed by atoms with Gasteiger partial charge in [0, 0.05) is 18.1 Å². The molecule has 0 radical (unpaired) electrons. The Balaban J connectivity index is 1.54. The first-order valence-corrected chi connectivity index (χ1v) is 13.2. The molecule has 0 bridgehead atoms. The third-order valence-corrected chi connectivity index (χ3v) is 7.39. The number of hydrogen-bond donors (Lipinski definition) is 0. The van der Waals surface area contributed by atoms with E-state index in [1.807, 2.05) is 54.6 Å². The first-order valence-electron chi connectivity index (χ1n) is 13.2. The predicted molar refractivity (Wildman–Crippen MR) is 155 cm³/mol.